The van der Waals surface area contributed by atoms with Gasteiger partial charge in [0.25, 0.3) is 0 Å². The molecule has 3 aromatic rings. The zero-order valence-electron chi connectivity index (χ0n) is 10.6. The first-order chi connectivity index (χ1) is 9.28. The number of furan rings is 1. The second kappa shape index (κ2) is 4.90. The van der Waals surface area contributed by atoms with Crippen molar-refractivity contribution in [2.24, 2.45) is 0 Å². The highest BCUT2D eigenvalue weighted by Gasteiger charge is 2.07. The molecule has 0 aliphatic carbocycles. The number of anilines is 1. The van der Waals surface area contributed by atoms with Crippen molar-refractivity contribution in [1.82, 2.24) is 5.32 Å². The zero-order chi connectivity index (χ0) is 13.2. The normalized spacial score (nSPS) is 10.8. The Morgan fingerprint density at radius 1 is 1.11 bits per heavy atom. The zero-order valence-corrected chi connectivity index (χ0v) is 11.4. The third kappa shape index (κ3) is 2.27. The topological polar surface area (TPSA) is 37.2 Å². The highest BCUT2D eigenvalue weighted by atomic mass is 32.1. The minimum absolute atomic E-state index is 0.634. The van der Waals surface area contributed by atoms with Crippen LogP contribution in [0.4, 0.5) is 5.69 Å². The van der Waals surface area contributed by atoms with Crippen molar-refractivity contribution in [2.45, 2.75) is 6.92 Å². The van der Waals surface area contributed by atoms with Crippen molar-refractivity contribution in [3.05, 3.63) is 42.5 Å². The lowest BCUT2D eigenvalue weighted by atomic mass is 10.1. The largest absolute Gasteiger partial charge is 0.456 e. The van der Waals surface area contributed by atoms with E-state index in [0.717, 1.165) is 34.2 Å². The standard InChI is InChI=1S/C15H14N2OS/c1-2-16-15(19)17-10-7-8-14-12(9-10)11-5-3-4-6-13(11)18-14/h3-9H,2H2,1H3,(H2,16,17,19). The molecule has 0 spiro atoms. The Hall–Kier alpha value is -2.07. The second-order valence-electron chi connectivity index (χ2n) is 4.29. The Morgan fingerprint density at radius 3 is 2.74 bits per heavy atom. The van der Waals surface area contributed by atoms with Crippen molar-refractivity contribution < 1.29 is 4.42 Å². The summed E-state index contributed by atoms with van der Waals surface area (Å²) < 4.78 is 5.78. The predicted octanol–water partition coefficient (Wildman–Crippen LogP) is 3.89. The molecule has 0 bridgehead atoms. The van der Waals surface area contributed by atoms with Gasteiger partial charge in [-0.2, -0.15) is 0 Å². The third-order valence-corrected chi connectivity index (χ3v) is 3.22. The van der Waals surface area contributed by atoms with E-state index in [-0.39, 0.29) is 0 Å². The molecule has 0 saturated carbocycles. The van der Waals surface area contributed by atoms with E-state index in [1.54, 1.807) is 0 Å². The van der Waals surface area contributed by atoms with E-state index < -0.39 is 0 Å². The van der Waals surface area contributed by atoms with Crippen LogP contribution in [0.2, 0.25) is 0 Å². The van der Waals surface area contributed by atoms with Gasteiger partial charge < -0.3 is 15.1 Å². The fourth-order valence-electron chi connectivity index (χ4n) is 2.14. The van der Waals surface area contributed by atoms with Crippen LogP contribution in [0.15, 0.2) is 46.9 Å². The second-order valence-corrected chi connectivity index (χ2v) is 4.70. The van der Waals surface area contributed by atoms with Gasteiger partial charge in [-0.1, -0.05) is 18.2 Å². The fourth-order valence-corrected chi connectivity index (χ4v) is 2.40. The molecule has 3 nitrogen and oxygen atoms in total. The number of hydrogen-bond acceptors (Lipinski definition) is 2. The van der Waals surface area contributed by atoms with Gasteiger partial charge >= 0.3 is 0 Å². The van der Waals surface area contributed by atoms with Crippen LogP contribution in [0.25, 0.3) is 21.9 Å². The van der Waals surface area contributed by atoms with Gasteiger partial charge in [-0.3, -0.25) is 0 Å². The molecule has 3 rings (SSSR count). The van der Waals surface area contributed by atoms with E-state index >= 15 is 0 Å². The van der Waals surface area contributed by atoms with E-state index in [1.807, 2.05) is 37.3 Å². The summed E-state index contributed by atoms with van der Waals surface area (Å²) in [4.78, 5) is 0. The van der Waals surface area contributed by atoms with Crippen LogP contribution in [0, 0.1) is 0 Å². The summed E-state index contributed by atoms with van der Waals surface area (Å²) >= 11 is 5.19. The highest BCUT2D eigenvalue weighted by molar-refractivity contribution is 7.80. The van der Waals surface area contributed by atoms with Gasteiger partial charge in [0, 0.05) is 23.0 Å². The van der Waals surface area contributed by atoms with Crippen LogP contribution in [0.3, 0.4) is 0 Å². The summed E-state index contributed by atoms with van der Waals surface area (Å²) in [5.41, 5.74) is 2.76. The van der Waals surface area contributed by atoms with E-state index in [0.29, 0.717) is 5.11 Å². The van der Waals surface area contributed by atoms with Crippen LogP contribution >= 0.6 is 12.2 Å². The van der Waals surface area contributed by atoms with E-state index in [9.17, 15) is 0 Å². The van der Waals surface area contributed by atoms with Crippen LogP contribution < -0.4 is 10.6 Å². The minimum Gasteiger partial charge on any atom is -0.456 e. The molecule has 4 heteroatoms. The molecule has 0 aliphatic heterocycles. The quantitative estimate of drug-likeness (QED) is 0.693. The number of thiocarbonyl (C=S) groups is 1. The molecule has 1 aromatic heterocycles. The summed E-state index contributed by atoms with van der Waals surface area (Å²) in [6.45, 7) is 2.82. The Balaban J connectivity index is 2.04. The van der Waals surface area contributed by atoms with Gasteiger partial charge in [-0.05, 0) is 43.4 Å². The molecule has 19 heavy (non-hydrogen) atoms. The number of hydrogen-bond donors (Lipinski definition) is 2. The Bertz CT molecular complexity index is 748. The monoisotopic (exact) mass is 270 g/mol. The molecule has 0 aliphatic rings. The molecular formula is C15H14N2OS. The molecule has 96 valence electrons. The fraction of sp³-hybridized carbons (Fsp3) is 0.133. The number of rotatable bonds is 2. The molecule has 2 N–H and O–H groups in total. The van der Waals surface area contributed by atoms with Crippen molar-refractivity contribution in [3.8, 4) is 0 Å². The lowest BCUT2D eigenvalue weighted by Gasteiger charge is -2.08. The van der Waals surface area contributed by atoms with Crippen molar-refractivity contribution in [1.29, 1.82) is 0 Å². The smallest absolute Gasteiger partial charge is 0.170 e. The average molecular weight is 270 g/mol. The summed E-state index contributed by atoms with van der Waals surface area (Å²) in [6, 6.07) is 14.0. The van der Waals surface area contributed by atoms with E-state index in [2.05, 4.69) is 22.8 Å². The van der Waals surface area contributed by atoms with Crippen LogP contribution in [-0.2, 0) is 0 Å². The van der Waals surface area contributed by atoms with Gasteiger partial charge in [0.15, 0.2) is 5.11 Å². The van der Waals surface area contributed by atoms with Crippen LogP contribution in [0.1, 0.15) is 6.92 Å². The van der Waals surface area contributed by atoms with Crippen molar-refractivity contribution >= 4 is 45.0 Å². The summed E-state index contributed by atoms with van der Waals surface area (Å²) in [6.07, 6.45) is 0. The molecule has 2 aromatic carbocycles. The molecule has 1 heterocycles. The van der Waals surface area contributed by atoms with Gasteiger partial charge in [0.2, 0.25) is 0 Å². The SMILES string of the molecule is CCNC(=S)Nc1ccc2oc3ccccc3c2c1. The maximum atomic E-state index is 5.78. The Morgan fingerprint density at radius 2 is 1.89 bits per heavy atom. The van der Waals surface area contributed by atoms with E-state index in [4.69, 9.17) is 16.6 Å². The summed E-state index contributed by atoms with van der Waals surface area (Å²) in [7, 11) is 0. The lowest BCUT2D eigenvalue weighted by Crippen LogP contribution is -2.27. The molecule has 0 fully saturated rings. The Labute approximate surface area is 116 Å². The van der Waals surface area contributed by atoms with Crippen molar-refractivity contribution in [3.63, 3.8) is 0 Å². The molecule has 0 saturated heterocycles. The van der Waals surface area contributed by atoms with Crippen LogP contribution in [-0.4, -0.2) is 11.7 Å². The van der Waals surface area contributed by atoms with Crippen LogP contribution in [0.5, 0.6) is 0 Å². The number of benzene rings is 2. The Kier molecular flexibility index (Phi) is 3.09. The van der Waals surface area contributed by atoms with Gasteiger partial charge in [-0.25, -0.2) is 0 Å². The maximum Gasteiger partial charge on any atom is 0.170 e. The summed E-state index contributed by atoms with van der Waals surface area (Å²) in [5, 5.41) is 9.09. The number of nitrogens with one attached hydrogen (secondary N) is 2. The predicted molar refractivity (Wildman–Crippen MR) is 83.6 cm³/mol. The molecule has 0 radical (unpaired) electrons. The molecule has 0 unspecified atom stereocenters. The number of para-hydroxylation sites is 1. The molecule has 0 atom stereocenters. The first-order valence-electron chi connectivity index (χ1n) is 6.24. The summed E-state index contributed by atoms with van der Waals surface area (Å²) in [5.74, 6) is 0. The third-order valence-electron chi connectivity index (χ3n) is 2.97. The first-order valence-corrected chi connectivity index (χ1v) is 6.65. The van der Waals surface area contributed by atoms with Gasteiger partial charge in [0.1, 0.15) is 11.2 Å². The van der Waals surface area contributed by atoms with Gasteiger partial charge in [-0.15, -0.1) is 0 Å². The average Bonchev–Trinajstić information content (AvgIpc) is 2.77. The molecule has 0 amide bonds. The first kappa shape index (κ1) is 12.0. The lowest BCUT2D eigenvalue weighted by molar-refractivity contribution is 0.669. The van der Waals surface area contributed by atoms with Gasteiger partial charge in [0.05, 0.1) is 0 Å². The van der Waals surface area contributed by atoms with E-state index in [1.165, 1.54) is 0 Å². The minimum atomic E-state index is 0.634. The number of fused-ring (bicyclic) bond motifs is 3. The highest BCUT2D eigenvalue weighted by Crippen LogP contribution is 2.30. The molecular weight excluding hydrogens is 256 g/mol. The maximum absolute atomic E-state index is 5.78. The van der Waals surface area contributed by atoms with Crippen molar-refractivity contribution in [2.75, 3.05) is 11.9 Å².